The Morgan fingerprint density at radius 2 is 2.17 bits per heavy atom. The van der Waals surface area contributed by atoms with E-state index in [2.05, 4.69) is 0 Å². The summed E-state index contributed by atoms with van der Waals surface area (Å²) in [6.45, 7) is 6.38. The SMILES string of the molecule is CCOc1ccc2oc(C(=O)O)c(C(C)C)c2c1. The van der Waals surface area contributed by atoms with E-state index in [1.54, 1.807) is 12.1 Å². The molecule has 2 aromatic rings. The number of carboxylic acid groups (broad SMARTS) is 1. The molecule has 0 saturated carbocycles. The van der Waals surface area contributed by atoms with Gasteiger partial charge in [-0.2, -0.15) is 0 Å². The smallest absolute Gasteiger partial charge is 0.372 e. The minimum atomic E-state index is -1.03. The van der Waals surface area contributed by atoms with E-state index in [0.29, 0.717) is 12.2 Å². The lowest BCUT2D eigenvalue weighted by molar-refractivity contribution is 0.0663. The summed E-state index contributed by atoms with van der Waals surface area (Å²) in [5.41, 5.74) is 1.30. The monoisotopic (exact) mass is 248 g/mol. The summed E-state index contributed by atoms with van der Waals surface area (Å²) >= 11 is 0. The van der Waals surface area contributed by atoms with Gasteiger partial charge in [0.2, 0.25) is 5.76 Å². The van der Waals surface area contributed by atoms with E-state index in [0.717, 1.165) is 16.7 Å². The predicted octanol–water partition coefficient (Wildman–Crippen LogP) is 3.65. The fourth-order valence-corrected chi connectivity index (χ4v) is 2.08. The number of carboxylic acids is 1. The van der Waals surface area contributed by atoms with Crippen molar-refractivity contribution in [2.45, 2.75) is 26.7 Å². The maximum atomic E-state index is 11.2. The summed E-state index contributed by atoms with van der Waals surface area (Å²) in [7, 11) is 0. The molecule has 0 bridgehead atoms. The van der Waals surface area contributed by atoms with Crippen LogP contribution in [0.3, 0.4) is 0 Å². The van der Waals surface area contributed by atoms with E-state index < -0.39 is 5.97 Å². The number of fused-ring (bicyclic) bond motifs is 1. The molecule has 0 aliphatic carbocycles. The van der Waals surface area contributed by atoms with Crippen molar-refractivity contribution in [3.63, 3.8) is 0 Å². The molecule has 0 atom stereocenters. The van der Waals surface area contributed by atoms with Crippen LogP contribution >= 0.6 is 0 Å². The number of ether oxygens (including phenoxy) is 1. The van der Waals surface area contributed by atoms with Gasteiger partial charge in [-0.05, 0) is 31.0 Å². The highest BCUT2D eigenvalue weighted by atomic mass is 16.5. The van der Waals surface area contributed by atoms with E-state index in [4.69, 9.17) is 14.3 Å². The molecule has 0 amide bonds. The molecule has 96 valence electrons. The van der Waals surface area contributed by atoms with Crippen LogP contribution in [0.5, 0.6) is 5.75 Å². The molecule has 1 aromatic heterocycles. The van der Waals surface area contributed by atoms with Crippen LogP contribution in [0.15, 0.2) is 22.6 Å². The maximum Gasteiger partial charge on any atom is 0.372 e. The molecule has 1 aromatic carbocycles. The average molecular weight is 248 g/mol. The van der Waals surface area contributed by atoms with Crippen LogP contribution in [0, 0.1) is 0 Å². The molecule has 2 rings (SSSR count). The Morgan fingerprint density at radius 1 is 1.44 bits per heavy atom. The Hall–Kier alpha value is -1.97. The first-order valence-corrected chi connectivity index (χ1v) is 5.97. The molecule has 1 N–H and O–H groups in total. The molecule has 0 aliphatic heterocycles. The largest absolute Gasteiger partial charge is 0.494 e. The quantitative estimate of drug-likeness (QED) is 0.897. The zero-order chi connectivity index (χ0) is 13.3. The highest BCUT2D eigenvalue weighted by molar-refractivity contribution is 5.96. The number of benzene rings is 1. The molecule has 4 nitrogen and oxygen atoms in total. The van der Waals surface area contributed by atoms with Gasteiger partial charge in [0.1, 0.15) is 11.3 Å². The molecule has 0 unspecified atom stereocenters. The van der Waals surface area contributed by atoms with Crippen LogP contribution < -0.4 is 4.74 Å². The molecular weight excluding hydrogens is 232 g/mol. The van der Waals surface area contributed by atoms with Crippen LogP contribution in [0.2, 0.25) is 0 Å². The van der Waals surface area contributed by atoms with Gasteiger partial charge in [0, 0.05) is 10.9 Å². The topological polar surface area (TPSA) is 59.7 Å². The second kappa shape index (κ2) is 4.72. The molecular formula is C14H16O4. The first-order chi connectivity index (χ1) is 8.54. The van der Waals surface area contributed by atoms with Crippen molar-refractivity contribution in [3.05, 3.63) is 29.5 Å². The normalized spacial score (nSPS) is 11.1. The van der Waals surface area contributed by atoms with Crippen molar-refractivity contribution in [1.29, 1.82) is 0 Å². The van der Waals surface area contributed by atoms with Gasteiger partial charge in [-0.1, -0.05) is 13.8 Å². The van der Waals surface area contributed by atoms with Gasteiger partial charge in [-0.15, -0.1) is 0 Å². The lowest BCUT2D eigenvalue weighted by atomic mass is 9.99. The molecule has 0 saturated heterocycles. The number of carbonyl (C=O) groups is 1. The van der Waals surface area contributed by atoms with Gasteiger partial charge in [-0.25, -0.2) is 4.79 Å². The van der Waals surface area contributed by atoms with Crippen molar-refractivity contribution >= 4 is 16.9 Å². The number of rotatable bonds is 4. The maximum absolute atomic E-state index is 11.2. The van der Waals surface area contributed by atoms with Gasteiger partial charge in [-0.3, -0.25) is 0 Å². The van der Waals surface area contributed by atoms with E-state index in [1.165, 1.54) is 0 Å². The molecule has 0 fully saturated rings. The Balaban J connectivity index is 2.67. The number of furan rings is 1. The first kappa shape index (κ1) is 12.5. The van der Waals surface area contributed by atoms with E-state index >= 15 is 0 Å². The predicted molar refractivity (Wildman–Crippen MR) is 68.4 cm³/mol. The van der Waals surface area contributed by atoms with Crippen molar-refractivity contribution < 1.29 is 19.1 Å². The zero-order valence-corrected chi connectivity index (χ0v) is 10.7. The van der Waals surface area contributed by atoms with Crippen LogP contribution in [-0.2, 0) is 0 Å². The molecule has 0 radical (unpaired) electrons. The van der Waals surface area contributed by atoms with Crippen LogP contribution in [0.4, 0.5) is 0 Å². The van der Waals surface area contributed by atoms with E-state index in [-0.39, 0.29) is 11.7 Å². The van der Waals surface area contributed by atoms with Gasteiger partial charge in [0.05, 0.1) is 6.61 Å². The molecule has 0 aliphatic rings. The summed E-state index contributed by atoms with van der Waals surface area (Å²) in [5.74, 6) is -0.208. The van der Waals surface area contributed by atoms with E-state index in [1.807, 2.05) is 26.8 Å². The Labute approximate surface area is 105 Å². The van der Waals surface area contributed by atoms with Gasteiger partial charge in [0.15, 0.2) is 0 Å². The standard InChI is InChI=1S/C14H16O4/c1-4-17-9-5-6-11-10(7-9)12(8(2)3)13(18-11)14(15)16/h5-8H,4H2,1-3H3,(H,15,16). The fraction of sp³-hybridized carbons (Fsp3) is 0.357. The number of hydrogen-bond donors (Lipinski definition) is 1. The fourth-order valence-electron chi connectivity index (χ4n) is 2.08. The lowest BCUT2D eigenvalue weighted by Crippen LogP contribution is -2.00. The second-order valence-electron chi connectivity index (χ2n) is 4.40. The molecule has 4 heteroatoms. The van der Waals surface area contributed by atoms with Crippen molar-refractivity contribution in [1.82, 2.24) is 0 Å². The van der Waals surface area contributed by atoms with Gasteiger partial charge < -0.3 is 14.3 Å². The number of aromatic carboxylic acids is 1. The van der Waals surface area contributed by atoms with Crippen LogP contribution in [0.1, 0.15) is 42.8 Å². The van der Waals surface area contributed by atoms with Crippen molar-refractivity contribution in [3.8, 4) is 5.75 Å². The number of hydrogen-bond acceptors (Lipinski definition) is 3. The summed E-state index contributed by atoms with van der Waals surface area (Å²) in [6.07, 6.45) is 0. The summed E-state index contributed by atoms with van der Waals surface area (Å²) in [5, 5.41) is 9.98. The average Bonchev–Trinajstić information content (AvgIpc) is 2.68. The Bertz CT molecular complexity index is 581. The molecule has 1 heterocycles. The summed E-state index contributed by atoms with van der Waals surface area (Å²) in [4.78, 5) is 11.2. The van der Waals surface area contributed by atoms with Gasteiger partial charge in [0.25, 0.3) is 0 Å². The lowest BCUT2D eigenvalue weighted by Gasteiger charge is -2.05. The Kier molecular flexibility index (Phi) is 3.28. The Morgan fingerprint density at radius 3 is 2.72 bits per heavy atom. The zero-order valence-electron chi connectivity index (χ0n) is 10.7. The van der Waals surface area contributed by atoms with Crippen molar-refractivity contribution in [2.24, 2.45) is 0 Å². The molecule has 0 spiro atoms. The summed E-state index contributed by atoms with van der Waals surface area (Å²) < 4.78 is 10.8. The third kappa shape index (κ3) is 2.06. The molecule has 18 heavy (non-hydrogen) atoms. The third-order valence-corrected chi connectivity index (χ3v) is 2.78. The van der Waals surface area contributed by atoms with Crippen LogP contribution in [-0.4, -0.2) is 17.7 Å². The van der Waals surface area contributed by atoms with E-state index in [9.17, 15) is 4.79 Å². The first-order valence-electron chi connectivity index (χ1n) is 5.97. The second-order valence-corrected chi connectivity index (χ2v) is 4.40. The minimum Gasteiger partial charge on any atom is -0.494 e. The van der Waals surface area contributed by atoms with Gasteiger partial charge >= 0.3 is 5.97 Å². The third-order valence-electron chi connectivity index (χ3n) is 2.78. The highest BCUT2D eigenvalue weighted by Gasteiger charge is 2.22. The highest BCUT2D eigenvalue weighted by Crippen LogP contribution is 2.34. The van der Waals surface area contributed by atoms with Crippen LogP contribution in [0.25, 0.3) is 11.0 Å². The summed E-state index contributed by atoms with van der Waals surface area (Å²) in [6, 6.07) is 5.37. The van der Waals surface area contributed by atoms with Crippen molar-refractivity contribution in [2.75, 3.05) is 6.61 Å². The minimum absolute atomic E-state index is 0.0219.